The van der Waals surface area contributed by atoms with E-state index in [0.29, 0.717) is 23.9 Å². The molecule has 0 spiro atoms. The minimum atomic E-state index is -0.535. The first kappa shape index (κ1) is 18.3. The van der Waals surface area contributed by atoms with Gasteiger partial charge in [-0.15, -0.1) is 0 Å². The molecule has 0 N–H and O–H groups in total. The van der Waals surface area contributed by atoms with Crippen molar-refractivity contribution in [3.63, 3.8) is 0 Å². The number of anilines is 1. The molecule has 0 bridgehead atoms. The van der Waals surface area contributed by atoms with Gasteiger partial charge >= 0.3 is 5.69 Å². The lowest BCUT2D eigenvalue weighted by Crippen LogP contribution is -2.22. The van der Waals surface area contributed by atoms with Gasteiger partial charge < -0.3 is 14.4 Å². The van der Waals surface area contributed by atoms with Gasteiger partial charge in [-0.2, -0.15) is 4.98 Å². The molecule has 0 unspecified atom stereocenters. The molecule has 3 aromatic rings. The molecule has 0 amide bonds. The predicted molar refractivity (Wildman–Crippen MR) is 104 cm³/mol. The Labute approximate surface area is 165 Å². The minimum absolute atomic E-state index is 0.0471. The fraction of sp³-hybridized carbons (Fsp3) is 0.200. The molecule has 0 fully saturated rings. The highest BCUT2D eigenvalue weighted by molar-refractivity contribution is 6.30. The third-order valence-corrected chi connectivity index (χ3v) is 4.76. The van der Waals surface area contributed by atoms with Crippen LogP contribution in [-0.2, 0) is 13.2 Å². The Kier molecular flexibility index (Phi) is 4.92. The highest BCUT2D eigenvalue weighted by Crippen LogP contribution is 2.26. The Morgan fingerprint density at radius 1 is 1.11 bits per heavy atom. The van der Waals surface area contributed by atoms with Crippen LogP contribution in [0.5, 0.6) is 17.4 Å². The van der Waals surface area contributed by atoms with Crippen molar-refractivity contribution in [2.45, 2.75) is 13.2 Å². The minimum Gasteiger partial charge on any atom is -0.473 e. The summed E-state index contributed by atoms with van der Waals surface area (Å²) in [6.45, 7) is 1.67. The lowest BCUT2D eigenvalue weighted by atomic mass is 10.2. The highest BCUT2D eigenvalue weighted by atomic mass is 35.5. The van der Waals surface area contributed by atoms with Crippen LogP contribution in [0.4, 0.5) is 10.2 Å². The molecular formula is C20H17ClFN3O3. The molecule has 2 aromatic carbocycles. The first-order chi connectivity index (χ1) is 13.5. The van der Waals surface area contributed by atoms with Gasteiger partial charge in [0.2, 0.25) is 5.88 Å². The first-order valence-corrected chi connectivity index (χ1v) is 9.05. The van der Waals surface area contributed by atoms with Gasteiger partial charge in [-0.1, -0.05) is 23.7 Å². The molecule has 28 heavy (non-hydrogen) atoms. The summed E-state index contributed by atoms with van der Waals surface area (Å²) < 4.78 is 26.4. The van der Waals surface area contributed by atoms with E-state index in [1.165, 1.54) is 12.1 Å². The number of benzene rings is 2. The van der Waals surface area contributed by atoms with Crippen molar-refractivity contribution < 1.29 is 13.9 Å². The van der Waals surface area contributed by atoms with Crippen LogP contribution in [0.15, 0.2) is 53.3 Å². The van der Waals surface area contributed by atoms with E-state index in [-0.39, 0.29) is 17.3 Å². The third-order valence-electron chi connectivity index (χ3n) is 4.45. The van der Waals surface area contributed by atoms with E-state index in [0.717, 1.165) is 17.9 Å². The number of ether oxygens (including phenoxy) is 2. The quantitative estimate of drug-likeness (QED) is 0.649. The van der Waals surface area contributed by atoms with E-state index >= 15 is 0 Å². The molecule has 144 valence electrons. The molecule has 0 aliphatic carbocycles. The summed E-state index contributed by atoms with van der Waals surface area (Å²) >= 11 is 5.67. The molecule has 0 atom stereocenters. The van der Waals surface area contributed by atoms with Crippen LogP contribution in [0, 0.1) is 5.82 Å². The van der Waals surface area contributed by atoms with Crippen molar-refractivity contribution in [2.24, 2.45) is 0 Å². The summed E-state index contributed by atoms with van der Waals surface area (Å²) in [6, 6.07) is 13.2. The van der Waals surface area contributed by atoms with Gasteiger partial charge in [0, 0.05) is 32.3 Å². The number of halogens is 2. The number of fused-ring (bicyclic) bond motifs is 1. The summed E-state index contributed by atoms with van der Waals surface area (Å²) in [4.78, 5) is 18.0. The lowest BCUT2D eigenvalue weighted by Gasteiger charge is -2.12. The van der Waals surface area contributed by atoms with Crippen LogP contribution in [0.3, 0.4) is 0 Å². The SMILES string of the molecule is CN1CCn2c1cc(OCc1ccc(Oc3ccc(Cl)c(F)c3)cc1)nc2=O. The second-order valence-electron chi connectivity index (χ2n) is 6.42. The Bertz CT molecular complexity index is 1070. The summed E-state index contributed by atoms with van der Waals surface area (Å²) in [5.41, 5.74) is 0.571. The molecule has 4 rings (SSSR count). The molecule has 1 aromatic heterocycles. The zero-order valence-electron chi connectivity index (χ0n) is 15.1. The predicted octanol–water partition coefficient (Wildman–Crippen LogP) is 3.86. The Morgan fingerprint density at radius 2 is 1.86 bits per heavy atom. The van der Waals surface area contributed by atoms with Crippen LogP contribution in [-0.4, -0.2) is 23.1 Å². The van der Waals surface area contributed by atoms with E-state index < -0.39 is 5.82 Å². The number of hydrogen-bond donors (Lipinski definition) is 0. The van der Waals surface area contributed by atoms with Crippen molar-refractivity contribution in [1.82, 2.24) is 9.55 Å². The summed E-state index contributed by atoms with van der Waals surface area (Å²) in [6.07, 6.45) is 0. The van der Waals surface area contributed by atoms with Crippen molar-refractivity contribution in [2.75, 3.05) is 18.5 Å². The van der Waals surface area contributed by atoms with Crippen LogP contribution in [0.2, 0.25) is 5.02 Å². The normalized spacial score (nSPS) is 12.8. The molecular weight excluding hydrogens is 385 g/mol. The highest BCUT2D eigenvalue weighted by Gasteiger charge is 2.18. The number of likely N-dealkylation sites (N-methyl/N-ethyl adjacent to an activating group) is 1. The average molecular weight is 402 g/mol. The van der Waals surface area contributed by atoms with E-state index in [2.05, 4.69) is 4.98 Å². The third kappa shape index (κ3) is 3.80. The van der Waals surface area contributed by atoms with Crippen molar-refractivity contribution >= 4 is 17.4 Å². The molecule has 2 heterocycles. The number of aromatic nitrogens is 2. The Balaban J connectivity index is 1.41. The maximum absolute atomic E-state index is 13.5. The fourth-order valence-electron chi connectivity index (χ4n) is 2.93. The van der Waals surface area contributed by atoms with Gasteiger partial charge in [-0.05, 0) is 29.8 Å². The number of hydrogen-bond acceptors (Lipinski definition) is 5. The smallest absolute Gasteiger partial charge is 0.352 e. The summed E-state index contributed by atoms with van der Waals surface area (Å²) in [5.74, 6) is 1.47. The second-order valence-corrected chi connectivity index (χ2v) is 6.83. The summed E-state index contributed by atoms with van der Waals surface area (Å²) in [5, 5.41) is 0.0471. The van der Waals surface area contributed by atoms with Crippen LogP contribution in [0.25, 0.3) is 0 Å². The first-order valence-electron chi connectivity index (χ1n) is 8.67. The standard InChI is InChI=1S/C20H17ClFN3O3/c1-24-8-9-25-19(24)11-18(23-20(25)26)27-12-13-2-4-14(5-3-13)28-15-6-7-16(21)17(22)10-15/h2-7,10-11H,8-9,12H2,1H3. The van der Waals surface area contributed by atoms with E-state index in [1.807, 2.05) is 24.1 Å². The van der Waals surface area contributed by atoms with Crippen molar-refractivity contribution in [3.8, 4) is 17.4 Å². The van der Waals surface area contributed by atoms with Crippen LogP contribution >= 0.6 is 11.6 Å². The zero-order chi connectivity index (χ0) is 19.7. The molecule has 8 heteroatoms. The summed E-state index contributed by atoms with van der Waals surface area (Å²) in [7, 11) is 1.92. The van der Waals surface area contributed by atoms with E-state index in [9.17, 15) is 9.18 Å². The topological polar surface area (TPSA) is 56.6 Å². The number of rotatable bonds is 5. The van der Waals surface area contributed by atoms with Gasteiger partial charge in [0.25, 0.3) is 0 Å². The van der Waals surface area contributed by atoms with Gasteiger partial charge in [-0.25, -0.2) is 9.18 Å². The molecule has 1 aliphatic heterocycles. The van der Waals surface area contributed by atoms with Gasteiger partial charge in [0.1, 0.15) is 29.7 Å². The van der Waals surface area contributed by atoms with Gasteiger partial charge in [0.05, 0.1) is 5.02 Å². The van der Waals surface area contributed by atoms with Crippen LogP contribution in [0.1, 0.15) is 5.56 Å². The van der Waals surface area contributed by atoms with E-state index in [1.54, 1.807) is 28.8 Å². The molecule has 6 nitrogen and oxygen atoms in total. The zero-order valence-corrected chi connectivity index (χ0v) is 15.8. The van der Waals surface area contributed by atoms with Crippen LogP contribution < -0.4 is 20.1 Å². The fourth-order valence-corrected chi connectivity index (χ4v) is 3.04. The number of nitrogens with zero attached hydrogens (tertiary/aromatic N) is 3. The largest absolute Gasteiger partial charge is 0.473 e. The molecule has 0 saturated heterocycles. The Hall–Kier alpha value is -3.06. The van der Waals surface area contributed by atoms with Gasteiger partial charge in [-0.3, -0.25) is 4.57 Å². The molecule has 1 aliphatic rings. The maximum Gasteiger partial charge on any atom is 0.352 e. The monoisotopic (exact) mass is 401 g/mol. The van der Waals surface area contributed by atoms with Gasteiger partial charge in [0.15, 0.2) is 0 Å². The van der Waals surface area contributed by atoms with Crippen molar-refractivity contribution in [3.05, 3.63) is 75.4 Å². The van der Waals surface area contributed by atoms with Crippen molar-refractivity contribution in [1.29, 1.82) is 0 Å². The molecule has 0 saturated carbocycles. The maximum atomic E-state index is 13.5. The van der Waals surface area contributed by atoms with E-state index in [4.69, 9.17) is 21.1 Å². The average Bonchev–Trinajstić information content (AvgIpc) is 3.06. The second kappa shape index (κ2) is 7.52. The molecule has 0 radical (unpaired) electrons. The lowest BCUT2D eigenvalue weighted by molar-refractivity contribution is 0.291. The Morgan fingerprint density at radius 3 is 2.61 bits per heavy atom.